The van der Waals surface area contributed by atoms with Crippen LogP contribution in [0, 0.1) is 0 Å². The summed E-state index contributed by atoms with van der Waals surface area (Å²) in [5.41, 5.74) is 0.641. The first-order chi connectivity index (χ1) is 10.1. The SMILES string of the molecule is O=C(O)CSc1nnc(-c2c(Cl)cccc2Cl)n1C1CC1. The van der Waals surface area contributed by atoms with Crippen LogP contribution in [0.25, 0.3) is 11.4 Å². The van der Waals surface area contributed by atoms with Crippen LogP contribution >= 0.6 is 35.0 Å². The van der Waals surface area contributed by atoms with Crippen molar-refractivity contribution in [2.75, 3.05) is 5.75 Å². The Kier molecular flexibility index (Phi) is 4.10. The van der Waals surface area contributed by atoms with Crippen molar-refractivity contribution in [1.82, 2.24) is 14.8 Å². The van der Waals surface area contributed by atoms with Gasteiger partial charge in [0.2, 0.25) is 0 Å². The highest BCUT2D eigenvalue weighted by Gasteiger charge is 2.31. The number of carboxylic acids is 1. The average molecular weight is 344 g/mol. The lowest BCUT2D eigenvalue weighted by molar-refractivity contribution is -0.133. The fourth-order valence-electron chi connectivity index (χ4n) is 2.05. The van der Waals surface area contributed by atoms with Crippen molar-refractivity contribution in [2.24, 2.45) is 0 Å². The smallest absolute Gasteiger partial charge is 0.313 e. The minimum absolute atomic E-state index is 0.0545. The number of nitrogens with zero attached hydrogens (tertiary/aromatic N) is 3. The molecule has 1 saturated carbocycles. The lowest BCUT2D eigenvalue weighted by atomic mass is 10.2. The number of aliphatic carboxylic acids is 1. The van der Waals surface area contributed by atoms with Crippen LogP contribution in [0.4, 0.5) is 0 Å². The standard InChI is InChI=1S/C13H11Cl2N3O2S/c14-8-2-1-3-9(15)11(8)12-16-17-13(21-6-10(19)20)18(12)7-4-5-7/h1-3,7H,4-6H2,(H,19,20). The maximum Gasteiger partial charge on any atom is 0.313 e. The van der Waals surface area contributed by atoms with Crippen molar-refractivity contribution < 1.29 is 9.90 Å². The number of halogens is 2. The number of benzene rings is 1. The molecule has 0 aliphatic heterocycles. The summed E-state index contributed by atoms with van der Waals surface area (Å²) in [4.78, 5) is 10.7. The molecule has 8 heteroatoms. The fourth-order valence-corrected chi connectivity index (χ4v) is 3.34. The van der Waals surface area contributed by atoms with Crippen molar-refractivity contribution in [2.45, 2.75) is 24.0 Å². The van der Waals surface area contributed by atoms with E-state index in [0.717, 1.165) is 24.6 Å². The van der Waals surface area contributed by atoms with Crippen LogP contribution in [-0.4, -0.2) is 31.6 Å². The zero-order valence-electron chi connectivity index (χ0n) is 10.8. The summed E-state index contributed by atoms with van der Waals surface area (Å²) in [6.45, 7) is 0. The van der Waals surface area contributed by atoms with Gasteiger partial charge in [0.25, 0.3) is 0 Å². The highest BCUT2D eigenvalue weighted by molar-refractivity contribution is 7.99. The molecule has 0 bridgehead atoms. The van der Waals surface area contributed by atoms with Gasteiger partial charge in [-0.15, -0.1) is 10.2 Å². The Labute approximate surface area is 135 Å². The van der Waals surface area contributed by atoms with E-state index in [-0.39, 0.29) is 5.75 Å². The van der Waals surface area contributed by atoms with Crippen molar-refractivity contribution in [3.05, 3.63) is 28.2 Å². The molecule has 0 amide bonds. The Morgan fingerprint density at radius 2 is 2.00 bits per heavy atom. The molecule has 1 aliphatic carbocycles. The second kappa shape index (κ2) is 5.87. The molecule has 1 heterocycles. The number of hydrogen-bond acceptors (Lipinski definition) is 4. The van der Waals surface area contributed by atoms with Crippen LogP contribution in [0.1, 0.15) is 18.9 Å². The summed E-state index contributed by atoms with van der Waals surface area (Å²) >= 11 is 13.6. The van der Waals surface area contributed by atoms with Crippen molar-refractivity contribution in [3.63, 3.8) is 0 Å². The van der Waals surface area contributed by atoms with E-state index in [1.54, 1.807) is 18.2 Å². The Morgan fingerprint density at radius 1 is 1.33 bits per heavy atom. The van der Waals surface area contributed by atoms with Gasteiger partial charge in [0, 0.05) is 6.04 Å². The second-order valence-electron chi connectivity index (χ2n) is 4.69. The number of thioether (sulfide) groups is 1. The predicted molar refractivity (Wildman–Crippen MR) is 82.1 cm³/mol. The molecule has 0 radical (unpaired) electrons. The van der Waals surface area contributed by atoms with E-state index in [2.05, 4.69) is 10.2 Å². The molecule has 0 saturated heterocycles. The van der Waals surface area contributed by atoms with Gasteiger partial charge < -0.3 is 5.11 Å². The first-order valence-electron chi connectivity index (χ1n) is 6.32. The molecule has 2 aromatic rings. The third kappa shape index (κ3) is 3.02. The molecule has 1 aromatic heterocycles. The number of carboxylic acid groups (broad SMARTS) is 1. The van der Waals surface area contributed by atoms with E-state index in [1.165, 1.54) is 0 Å². The molecular formula is C13H11Cl2N3O2S. The second-order valence-corrected chi connectivity index (χ2v) is 6.44. The van der Waals surface area contributed by atoms with E-state index >= 15 is 0 Å². The maximum atomic E-state index is 10.7. The molecule has 110 valence electrons. The molecule has 3 rings (SSSR count). The summed E-state index contributed by atoms with van der Waals surface area (Å²) in [6.07, 6.45) is 2.04. The van der Waals surface area contributed by atoms with E-state index < -0.39 is 5.97 Å². The summed E-state index contributed by atoms with van der Waals surface area (Å²) in [5.74, 6) is -0.343. The largest absolute Gasteiger partial charge is 0.481 e. The monoisotopic (exact) mass is 343 g/mol. The van der Waals surface area contributed by atoms with E-state index in [1.807, 2.05) is 4.57 Å². The molecule has 1 aliphatic rings. The lowest BCUT2D eigenvalue weighted by Gasteiger charge is -2.10. The summed E-state index contributed by atoms with van der Waals surface area (Å²) < 4.78 is 1.95. The highest BCUT2D eigenvalue weighted by atomic mass is 35.5. The third-order valence-corrected chi connectivity index (χ3v) is 4.65. The van der Waals surface area contributed by atoms with Gasteiger partial charge in [-0.3, -0.25) is 9.36 Å². The normalized spacial score (nSPS) is 14.4. The molecule has 5 nitrogen and oxygen atoms in total. The van der Waals surface area contributed by atoms with E-state index in [0.29, 0.717) is 32.6 Å². The number of hydrogen-bond donors (Lipinski definition) is 1. The summed E-state index contributed by atoms with van der Waals surface area (Å²) in [6, 6.07) is 5.56. The Morgan fingerprint density at radius 3 is 2.57 bits per heavy atom. The molecule has 1 fully saturated rings. The fraction of sp³-hybridized carbons (Fsp3) is 0.308. The van der Waals surface area contributed by atoms with Gasteiger partial charge in [0.15, 0.2) is 11.0 Å². The van der Waals surface area contributed by atoms with Crippen LogP contribution in [0.15, 0.2) is 23.4 Å². The minimum Gasteiger partial charge on any atom is -0.481 e. The van der Waals surface area contributed by atoms with Gasteiger partial charge in [-0.2, -0.15) is 0 Å². The average Bonchev–Trinajstić information content (AvgIpc) is 3.18. The first-order valence-corrected chi connectivity index (χ1v) is 8.06. The molecule has 0 unspecified atom stereocenters. The van der Waals surface area contributed by atoms with Crippen LogP contribution < -0.4 is 0 Å². The topological polar surface area (TPSA) is 68.0 Å². The van der Waals surface area contributed by atoms with Crippen LogP contribution in [0.2, 0.25) is 10.0 Å². The minimum atomic E-state index is -0.886. The maximum absolute atomic E-state index is 10.7. The Hall–Kier alpha value is -1.24. The molecule has 1 N–H and O–H groups in total. The Bertz CT molecular complexity index is 680. The van der Waals surface area contributed by atoms with Crippen LogP contribution in [0.3, 0.4) is 0 Å². The van der Waals surface area contributed by atoms with Crippen molar-refractivity contribution >= 4 is 40.9 Å². The lowest BCUT2D eigenvalue weighted by Crippen LogP contribution is -2.03. The molecule has 0 atom stereocenters. The quantitative estimate of drug-likeness (QED) is 0.837. The van der Waals surface area contributed by atoms with Crippen LogP contribution in [-0.2, 0) is 4.79 Å². The van der Waals surface area contributed by atoms with Crippen molar-refractivity contribution in [1.29, 1.82) is 0 Å². The molecule has 1 aromatic carbocycles. The number of rotatable bonds is 5. The summed E-state index contributed by atoms with van der Waals surface area (Å²) in [7, 11) is 0. The molecular weight excluding hydrogens is 333 g/mol. The molecule has 0 spiro atoms. The predicted octanol–water partition coefficient (Wildman–Crippen LogP) is 3.76. The van der Waals surface area contributed by atoms with Gasteiger partial charge >= 0.3 is 5.97 Å². The van der Waals surface area contributed by atoms with Gasteiger partial charge in [-0.05, 0) is 25.0 Å². The third-order valence-electron chi connectivity index (χ3n) is 3.09. The van der Waals surface area contributed by atoms with Gasteiger partial charge in [0.1, 0.15) is 0 Å². The van der Waals surface area contributed by atoms with Gasteiger partial charge in [0.05, 0.1) is 21.4 Å². The van der Waals surface area contributed by atoms with Gasteiger partial charge in [-0.25, -0.2) is 0 Å². The van der Waals surface area contributed by atoms with E-state index in [9.17, 15) is 4.79 Å². The highest BCUT2D eigenvalue weighted by Crippen LogP contribution is 2.43. The van der Waals surface area contributed by atoms with Gasteiger partial charge in [-0.1, -0.05) is 41.0 Å². The number of carbonyl (C=O) groups is 1. The molecule has 21 heavy (non-hydrogen) atoms. The van der Waals surface area contributed by atoms with E-state index in [4.69, 9.17) is 28.3 Å². The first kappa shape index (κ1) is 14.7. The van der Waals surface area contributed by atoms with Crippen molar-refractivity contribution in [3.8, 4) is 11.4 Å². The number of aromatic nitrogens is 3. The summed E-state index contributed by atoms with van der Waals surface area (Å²) in [5, 5.41) is 18.7. The zero-order valence-corrected chi connectivity index (χ0v) is 13.1. The zero-order chi connectivity index (χ0) is 15.0. The Balaban J connectivity index is 2.05. The van der Waals surface area contributed by atoms with Crippen LogP contribution in [0.5, 0.6) is 0 Å².